The fourth-order valence-corrected chi connectivity index (χ4v) is 2.35. The molecule has 1 aromatic carbocycles. The van der Waals surface area contributed by atoms with Crippen LogP contribution in [0, 0.1) is 11.3 Å². The predicted molar refractivity (Wildman–Crippen MR) is 89.6 cm³/mol. The molecular weight excluding hydrogens is 308 g/mol. The molecule has 7 heteroatoms. The van der Waals surface area contributed by atoms with Crippen LogP contribution in [-0.2, 0) is 20.9 Å². The Morgan fingerprint density at radius 2 is 2.17 bits per heavy atom. The first kappa shape index (κ1) is 17.2. The number of hydrogen-bond acceptors (Lipinski definition) is 4. The number of para-hydroxylation sites is 1. The SMILES string of the molecule is COCCNC(=O)C(C#N)=Cc1cn(CC(N)=O)c2ccccc12. The highest BCUT2D eigenvalue weighted by molar-refractivity contribution is 6.04. The van der Waals surface area contributed by atoms with Gasteiger partial charge in [0.25, 0.3) is 5.91 Å². The zero-order chi connectivity index (χ0) is 17.5. The van der Waals surface area contributed by atoms with E-state index in [1.54, 1.807) is 10.8 Å². The maximum Gasteiger partial charge on any atom is 0.262 e. The van der Waals surface area contributed by atoms with Crippen LogP contribution in [0.3, 0.4) is 0 Å². The van der Waals surface area contributed by atoms with Gasteiger partial charge in [-0.25, -0.2) is 0 Å². The molecule has 0 bridgehead atoms. The Bertz CT molecular complexity index is 830. The summed E-state index contributed by atoms with van der Waals surface area (Å²) in [6.45, 7) is 0.705. The average molecular weight is 326 g/mol. The van der Waals surface area contributed by atoms with Crippen molar-refractivity contribution in [3.8, 4) is 6.07 Å². The van der Waals surface area contributed by atoms with Gasteiger partial charge in [-0.1, -0.05) is 18.2 Å². The molecule has 0 aliphatic heterocycles. The highest BCUT2D eigenvalue weighted by Gasteiger charge is 2.12. The molecule has 2 amide bonds. The quantitative estimate of drug-likeness (QED) is 0.445. The maximum absolute atomic E-state index is 12.0. The van der Waals surface area contributed by atoms with Crippen molar-refractivity contribution in [1.82, 2.24) is 9.88 Å². The Morgan fingerprint density at radius 3 is 2.83 bits per heavy atom. The van der Waals surface area contributed by atoms with E-state index in [4.69, 9.17) is 10.5 Å². The standard InChI is InChI=1S/C17H18N4O3/c1-24-7-6-20-17(23)12(9-18)8-13-10-21(11-16(19)22)15-5-3-2-4-14(13)15/h2-5,8,10H,6-7,11H2,1H3,(H2,19,22)(H,20,23). The first-order chi connectivity index (χ1) is 11.6. The van der Waals surface area contributed by atoms with Crippen molar-refractivity contribution in [3.05, 3.63) is 41.6 Å². The maximum atomic E-state index is 12.0. The molecule has 3 N–H and O–H groups in total. The molecule has 0 saturated carbocycles. The van der Waals surface area contributed by atoms with Crippen LogP contribution in [0.1, 0.15) is 5.56 Å². The molecule has 0 atom stereocenters. The lowest BCUT2D eigenvalue weighted by Crippen LogP contribution is -2.27. The smallest absolute Gasteiger partial charge is 0.262 e. The Kier molecular flexibility index (Phi) is 5.71. The zero-order valence-corrected chi connectivity index (χ0v) is 13.3. The number of carbonyl (C=O) groups is 2. The average Bonchev–Trinajstić information content (AvgIpc) is 2.90. The molecule has 0 unspecified atom stereocenters. The molecule has 1 heterocycles. The molecule has 1 aromatic heterocycles. The number of nitriles is 1. The summed E-state index contributed by atoms with van der Waals surface area (Å²) in [6, 6.07) is 9.29. The van der Waals surface area contributed by atoms with Crippen molar-refractivity contribution < 1.29 is 14.3 Å². The van der Waals surface area contributed by atoms with Gasteiger partial charge in [0.05, 0.1) is 6.61 Å². The minimum atomic E-state index is -0.471. The fourth-order valence-electron chi connectivity index (χ4n) is 2.35. The van der Waals surface area contributed by atoms with Crippen LogP contribution in [-0.4, -0.2) is 36.6 Å². The number of ether oxygens (including phenoxy) is 1. The van der Waals surface area contributed by atoms with Gasteiger partial charge in [-0.15, -0.1) is 0 Å². The summed E-state index contributed by atoms with van der Waals surface area (Å²) >= 11 is 0. The van der Waals surface area contributed by atoms with Crippen molar-refractivity contribution in [3.63, 3.8) is 0 Å². The number of hydrogen-bond donors (Lipinski definition) is 2. The van der Waals surface area contributed by atoms with Crippen molar-refractivity contribution in [2.24, 2.45) is 5.73 Å². The summed E-state index contributed by atoms with van der Waals surface area (Å²) < 4.78 is 6.55. The van der Waals surface area contributed by atoms with E-state index in [-0.39, 0.29) is 12.1 Å². The summed E-state index contributed by atoms with van der Waals surface area (Å²) in [7, 11) is 1.53. The zero-order valence-electron chi connectivity index (χ0n) is 13.3. The fraction of sp³-hybridized carbons (Fsp3) is 0.235. The van der Waals surface area contributed by atoms with Gasteiger partial charge in [-0.3, -0.25) is 9.59 Å². The number of rotatable bonds is 7. The molecule has 24 heavy (non-hydrogen) atoms. The number of nitrogens with two attached hydrogens (primary N) is 1. The van der Waals surface area contributed by atoms with Gasteiger partial charge in [-0.2, -0.15) is 5.26 Å². The summed E-state index contributed by atoms with van der Waals surface area (Å²) in [6.07, 6.45) is 3.21. The lowest BCUT2D eigenvalue weighted by Gasteiger charge is -2.02. The van der Waals surface area contributed by atoms with E-state index in [0.717, 1.165) is 10.9 Å². The van der Waals surface area contributed by atoms with Crippen LogP contribution in [0.2, 0.25) is 0 Å². The van der Waals surface area contributed by atoms with Crippen LogP contribution >= 0.6 is 0 Å². The lowest BCUT2D eigenvalue weighted by molar-refractivity contribution is -0.118. The van der Waals surface area contributed by atoms with E-state index >= 15 is 0 Å². The monoisotopic (exact) mass is 326 g/mol. The van der Waals surface area contributed by atoms with Gasteiger partial charge < -0.3 is 20.4 Å². The number of nitrogens with zero attached hydrogens (tertiary/aromatic N) is 2. The predicted octanol–water partition coefficient (Wildman–Crippen LogP) is 0.796. The molecule has 0 saturated heterocycles. The molecule has 2 rings (SSSR count). The van der Waals surface area contributed by atoms with Gasteiger partial charge in [0.2, 0.25) is 5.91 Å². The minimum Gasteiger partial charge on any atom is -0.383 e. The molecule has 0 aliphatic rings. The van der Waals surface area contributed by atoms with E-state index in [0.29, 0.717) is 18.7 Å². The second kappa shape index (κ2) is 7.94. The number of benzene rings is 1. The van der Waals surface area contributed by atoms with Crippen LogP contribution in [0.15, 0.2) is 36.0 Å². The highest BCUT2D eigenvalue weighted by atomic mass is 16.5. The normalized spacial score (nSPS) is 11.2. The first-order valence-electron chi connectivity index (χ1n) is 7.32. The summed E-state index contributed by atoms with van der Waals surface area (Å²) in [5.74, 6) is -0.939. The van der Waals surface area contributed by atoms with Crippen molar-refractivity contribution in [1.29, 1.82) is 5.26 Å². The number of methoxy groups -OCH3 is 1. The second-order valence-corrected chi connectivity index (χ2v) is 5.11. The van der Waals surface area contributed by atoms with E-state index < -0.39 is 11.8 Å². The molecular formula is C17H18N4O3. The lowest BCUT2D eigenvalue weighted by atomic mass is 10.1. The third-order valence-electron chi connectivity index (χ3n) is 3.40. The number of aromatic nitrogens is 1. The molecule has 124 valence electrons. The highest BCUT2D eigenvalue weighted by Crippen LogP contribution is 2.23. The van der Waals surface area contributed by atoms with Crippen molar-refractivity contribution >= 4 is 28.8 Å². The number of primary amides is 1. The van der Waals surface area contributed by atoms with E-state index in [9.17, 15) is 14.9 Å². The molecule has 0 fully saturated rings. The Morgan fingerprint density at radius 1 is 1.42 bits per heavy atom. The van der Waals surface area contributed by atoms with E-state index in [2.05, 4.69) is 5.32 Å². The third-order valence-corrected chi connectivity index (χ3v) is 3.40. The number of nitrogens with one attached hydrogen (secondary N) is 1. The van der Waals surface area contributed by atoms with Crippen LogP contribution in [0.5, 0.6) is 0 Å². The molecule has 7 nitrogen and oxygen atoms in total. The summed E-state index contributed by atoms with van der Waals surface area (Å²) in [5.41, 5.74) is 6.72. The van der Waals surface area contributed by atoms with E-state index in [1.165, 1.54) is 13.2 Å². The molecule has 0 radical (unpaired) electrons. The van der Waals surface area contributed by atoms with Crippen molar-refractivity contribution in [2.75, 3.05) is 20.3 Å². The molecule has 0 spiro atoms. The van der Waals surface area contributed by atoms with Gasteiger partial charge >= 0.3 is 0 Å². The van der Waals surface area contributed by atoms with Crippen LogP contribution < -0.4 is 11.1 Å². The summed E-state index contributed by atoms with van der Waals surface area (Å²) in [4.78, 5) is 23.2. The first-order valence-corrected chi connectivity index (χ1v) is 7.32. The van der Waals surface area contributed by atoms with Gasteiger partial charge in [0.15, 0.2) is 0 Å². The van der Waals surface area contributed by atoms with Gasteiger partial charge in [-0.05, 0) is 12.1 Å². The Hall–Kier alpha value is -3.11. The van der Waals surface area contributed by atoms with Crippen LogP contribution in [0.25, 0.3) is 17.0 Å². The van der Waals surface area contributed by atoms with E-state index in [1.807, 2.05) is 30.3 Å². The molecule has 0 aliphatic carbocycles. The number of amides is 2. The largest absolute Gasteiger partial charge is 0.383 e. The van der Waals surface area contributed by atoms with Gasteiger partial charge in [0, 0.05) is 36.3 Å². The van der Waals surface area contributed by atoms with Crippen LogP contribution in [0.4, 0.5) is 0 Å². The number of fused-ring (bicyclic) bond motifs is 1. The summed E-state index contributed by atoms with van der Waals surface area (Å²) in [5, 5.41) is 12.7. The third kappa shape index (κ3) is 4.00. The van der Waals surface area contributed by atoms with Crippen molar-refractivity contribution in [2.45, 2.75) is 6.54 Å². The van der Waals surface area contributed by atoms with Gasteiger partial charge in [0.1, 0.15) is 18.2 Å². The topological polar surface area (TPSA) is 110 Å². The minimum absolute atomic E-state index is 0.0203. The Labute approximate surface area is 139 Å². The second-order valence-electron chi connectivity index (χ2n) is 5.11. The number of carbonyl (C=O) groups excluding carboxylic acids is 2. The molecule has 2 aromatic rings. The Balaban J connectivity index is 2.38.